The molecule has 0 aliphatic carbocycles. The van der Waals surface area contributed by atoms with Gasteiger partial charge in [0.25, 0.3) is 11.9 Å². The number of carbonyl (C=O) groups is 2. The third-order valence-corrected chi connectivity index (χ3v) is 9.25. The molecule has 2 aliphatic rings. The second kappa shape index (κ2) is 18.4. The van der Waals surface area contributed by atoms with Gasteiger partial charge in [-0.15, -0.1) is 0 Å². The molecule has 1 aromatic rings. The minimum atomic E-state index is -0.833. The smallest absolute Gasteiger partial charge is 0.300 e. The summed E-state index contributed by atoms with van der Waals surface area (Å²) in [6.07, 6.45) is 11.6. The third kappa shape index (κ3) is 11.8. The zero-order valence-electron chi connectivity index (χ0n) is 25.9. The minimum Gasteiger partial charge on any atom is -0.508 e. The van der Waals surface area contributed by atoms with Crippen LogP contribution in [0.3, 0.4) is 0 Å². The Morgan fingerprint density at radius 1 is 1.10 bits per heavy atom. The van der Waals surface area contributed by atoms with Crippen molar-refractivity contribution in [1.29, 1.82) is 0 Å². The molecule has 0 bridgehead atoms. The summed E-state index contributed by atoms with van der Waals surface area (Å²) in [5.41, 5.74) is 4.95. The highest BCUT2D eigenvalue weighted by molar-refractivity contribution is 8.76. The van der Waals surface area contributed by atoms with Crippen molar-refractivity contribution >= 4 is 33.5 Å². The quantitative estimate of drug-likeness (QED) is 0.142. The summed E-state index contributed by atoms with van der Waals surface area (Å²) in [6, 6.07) is 1.67. The van der Waals surface area contributed by atoms with E-state index in [9.17, 15) is 9.90 Å². The fraction of sp³-hybridized carbons (Fsp3) is 0.625. The average molecular weight is 594 g/mol. The van der Waals surface area contributed by atoms with E-state index >= 15 is 0 Å². The van der Waals surface area contributed by atoms with Crippen molar-refractivity contribution in [2.75, 3.05) is 18.1 Å². The Morgan fingerprint density at radius 2 is 1.75 bits per heavy atom. The monoisotopic (exact) mass is 593 g/mol. The lowest BCUT2D eigenvalue weighted by molar-refractivity contribution is -0.134. The van der Waals surface area contributed by atoms with Crippen molar-refractivity contribution in [2.24, 2.45) is 0 Å². The highest BCUT2D eigenvalue weighted by Gasteiger charge is 2.39. The van der Waals surface area contributed by atoms with Crippen LogP contribution < -0.4 is 4.74 Å². The van der Waals surface area contributed by atoms with Crippen molar-refractivity contribution in [3.05, 3.63) is 46.1 Å². The minimum absolute atomic E-state index is 0.0139. The Kier molecular flexibility index (Phi) is 16.5. The number of rotatable bonds is 12. The number of aliphatic carboxylic acids is 1. The van der Waals surface area contributed by atoms with Gasteiger partial charge < -0.3 is 19.8 Å². The molecular formula is C32H51NO5S2. The number of hydrogen-bond donors (Lipinski definition) is 2. The lowest BCUT2D eigenvalue weighted by Gasteiger charge is -2.37. The van der Waals surface area contributed by atoms with E-state index in [4.69, 9.17) is 14.6 Å². The predicted molar refractivity (Wildman–Crippen MR) is 172 cm³/mol. The summed E-state index contributed by atoms with van der Waals surface area (Å²) < 4.78 is 6.60. The number of carboxylic acids is 1. The Labute approximate surface area is 250 Å². The van der Waals surface area contributed by atoms with Gasteiger partial charge in [-0.05, 0) is 78.7 Å². The fourth-order valence-electron chi connectivity index (χ4n) is 4.58. The van der Waals surface area contributed by atoms with Crippen LogP contribution in [0.1, 0.15) is 115 Å². The number of carboxylic acid groups (broad SMARTS) is 1. The SMILES string of the molecule is CC.CC(=O)O.CCCSSCCN1Cc2c(cc(O)c3c2O[C@@](C)(CC/C=C(\C)CCC=C(C)C)CC3)C1=O. The summed E-state index contributed by atoms with van der Waals surface area (Å²) in [5, 5.41) is 18.1. The van der Waals surface area contributed by atoms with Crippen LogP contribution in [0.4, 0.5) is 0 Å². The number of phenolic OH excluding ortho intramolecular Hbond substituents is 1. The van der Waals surface area contributed by atoms with E-state index in [-0.39, 0.29) is 17.3 Å². The van der Waals surface area contributed by atoms with Crippen molar-refractivity contribution in [1.82, 2.24) is 4.90 Å². The van der Waals surface area contributed by atoms with E-state index < -0.39 is 5.97 Å². The first-order valence-electron chi connectivity index (χ1n) is 14.6. The standard InChI is InChI=1S/C28H41NO3S2.C2H4O2.C2H6/c1-6-16-33-34-17-15-29-19-24-23(27(29)31)18-25(30)22-12-14-28(5,32-26(22)24)13-8-11-21(4)10-7-9-20(2)3;1-2(3)4;1-2/h9,11,18,30H,6-8,10,12-17,19H2,1-5H3;1H3,(H,3,4);1-2H3/b21-11+;;/t28-;;/m0../s1. The lowest BCUT2D eigenvalue weighted by Crippen LogP contribution is -2.36. The first kappa shape index (κ1) is 36.0. The summed E-state index contributed by atoms with van der Waals surface area (Å²) in [4.78, 5) is 23.9. The zero-order chi connectivity index (χ0) is 30.3. The van der Waals surface area contributed by atoms with E-state index in [1.54, 1.807) is 6.07 Å². The van der Waals surface area contributed by atoms with Crippen LogP contribution in [0.25, 0.3) is 0 Å². The van der Waals surface area contributed by atoms with Crippen molar-refractivity contribution in [3.8, 4) is 11.5 Å². The molecule has 2 heterocycles. The van der Waals surface area contributed by atoms with Crippen LogP contribution in [0.15, 0.2) is 29.4 Å². The number of phenols is 1. The molecule has 0 saturated heterocycles. The first-order valence-corrected chi connectivity index (χ1v) is 17.0. The van der Waals surface area contributed by atoms with Gasteiger partial charge in [0.15, 0.2) is 0 Å². The molecule has 0 aromatic heterocycles. The number of hydrogen-bond acceptors (Lipinski definition) is 6. The molecule has 1 aromatic carbocycles. The lowest BCUT2D eigenvalue weighted by atomic mass is 9.86. The molecule has 226 valence electrons. The Hall–Kier alpha value is -2.06. The van der Waals surface area contributed by atoms with Crippen molar-refractivity contribution < 1.29 is 24.5 Å². The number of nitrogens with zero attached hydrogens (tertiary/aromatic N) is 1. The van der Waals surface area contributed by atoms with Crippen molar-refractivity contribution in [3.63, 3.8) is 0 Å². The fourth-order valence-corrected chi connectivity index (χ4v) is 6.71. The second-order valence-electron chi connectivity index (χ2n) is 10.6. The largest absolute Gasteiger partial charge is 0.508 e. The second-order valence-corrected chi connectivity index (χ2v) is 13.3. The molecule has 2 aliphatic heterocycles. The van der Waals surface area contributed by atoms with Gasteiger partial charge in [-0.25, -0.2) is 0 Å². The van der Waals surface area contributed by atoms with E-state index in [0.29, 0.717) is 12.1 Å². The van der Waals surface area contributed by atoms with E-state index in [0.717, 1.165) is 80.4 Å². The van der Waals surface area contributed by atoms with Gasteiger partial charge >= 0.3 is 0 Å². The maximum Gasteiger partial charge on any atom is 0.300 e. The molecule has 0 fully saturated rings. The molecular weight excluding hydrogens is 542 g/mol. The van der Waals surface area contributed by atoms with Gasteiger partial charge in [-0.3, -0.25) is 9.59 Å². The summed E-state index contributed by atoms with van der Waals surface area (Å²) >= 11 is 0. The van der Waals surface area contributed by atoms with Gasteiger partial charge in [0.05, 0.1) is 12.1 Å². The maximum atomic E-state index is 13.0. The van der Waals surface area contributed by atoms with Crippen LogP contribution >= 0.6 is 21.6 Å². The Bertz CT molecular complexity index is 1030. The van der Waals surface area contributed by atoms with Crippen LogP contribution in [-0.2, 0) is 17.8 Å². The highest BCUT2D eigenvalue weighted by Crippen LogP contribution is 2.46. The topological polar surface area (TPSA) is 87.1 Å². The van der Waals surface area contributed by atoms with Gasteiger partial charge in [0, 0.05) is 36.1 Å². The van der Waals surface area contributed by atoms with Crippen LogP contribution in [-0.4, -0.2) is 50.6 Å². The molecule has 40 heavy (non-hydrogen) atoms. The number of aromatic hydroxyl groups is 1. The Balaban J connectivity index is 0.00000122. The zero-order valence-corrected chi connectivity index (χ0v) is 27.5. The Morgan fingerprint density at radius 3 is 2.38 bits per heavy atom. The summed E-state index contributed by atoms with van der Waals surface area (Å²) in [5.74, 6) is 2.19. The van der Waals surface area contributed by atoms with Gasteiger partial charge in [0.1, 0.15) is 17.1 Å². The third-order valence-electron chi connectivity index (χ3n) is 6.66. The van der Waals surface area contributed by atoms with Crippen LogP contribution in [0, 0.1) is 0 Å². The predicted octanol–water partition coefficient (Wildman–Crippen LogP) is 8.81. The highest BCUT2D eigenvalue weighted by atomic mass is 33.1. The summed E-state index contributed by atoms with van der Waals surface area (Å²) in [6.45, 7) is 17.2. The first-order chi connectivity index (χ1) is 19.0. The number of allylic oxidation sites excluding steroid dienone is 4. The van der Waals surface area contributed by atoms with Gasteiger partial charge in [-0.1, -0.05) is 65.7 Å². The van der Waals surface area contributed by atoms with Crippen molar-refractivity contribution in [2.45, 2.75) is 112 Å². The molecule has 2 N–H and O–H groups in total. The van der Waals surface area contributed by atoms with Gasteiger partial charge in [0.2, 0.25) is 0 Å². The number of amides is 1. The number of carbonyl (C=O) groups excluding carboxylic acids is 1. The van der Waals surface area contributed by atoms with Crippen LogP contribution in [0.5, 0.6) is 11.5 Å². The number of fused-ring (bicyclic) bond motifs is 3. The molecule has 0 spiro atoms. The van der Waals surface area contributed by atoms with E-state index in [1.165, 1.54) is 17.6 Å². The molecule has 1 amide bonds. The molecule has 0 unspecified atom stereocenters. The van der Waals surface area contributed by atoms with Crippen LogP contribution in [0.2, 0.25) is 0 Å². The molecule has 1 atom stereocenters. The molecule has 3 rings (SSSR count). The normalized spacial score (nSPS) is 17.4. The molecule has 0 radical (unpaired) electrons. The molecule has 0 saturated carbocycles. The van der Waals surface area contributed by atoms with Gasteiger partial charge in [-0.2, -0.15) is 0 Å². The van der Waals surface area contributed by atoms with E-state index in [2.05, 4.69) is 46.8 Å². The molecule has 6 nitrogen and oxygen atoms in total. The maximum absolute atomic E-state index is 13.0. The molecule has 8 heteroatoms. The summed E-state index contributed by atoms with van der Waals surface area (Å²) in [7, 11) is 3.70. The van der Waals surface area contributed by atoms with E-state index in [1.807, 2.05) is 40.3 Å². The number of ether oxygens (including phenoxy) is 1. The average Bonchev–Trinajstić information content (AvgIpc) is 3.20. The number of benzene rings is 1.